The lowest BCUT2D eigenvalue weighted by Crippen LogP contribution is -2.40. The van der Waals surface area contributed by atoms with Crippen LogP contribution in [-0.4, -0.2) is 29.1 Å². The Hall–Kier alpha value is -1.16. The molecule has 0 radical (unpaired) electrons. The van der Waals surface area contributed by atoms with Crippen LogP contribution in [0.25, 0.3) is 0 Å². The Morgan fingerprint density at radius 2 is 1.72 bits per heavy atom. The standard InChI is InChI=1S/C14H26N4/c1-10(15)7-12-8-16-13(17-9-12)18(6)11(2)14(3,4)5/h8-11H,7,15H2,1-6H3. The Morgan fingerprint density at radius 1 is 1.22 bits per heavy atom. The minimum absolute atomic E-state index is 0.144. The zero-order valence-electron chi connectivity index (χ0n) is 12.4. The van der Waals surface area contributed by atoms with Crippen molar-refractivity contribution >= 4 is 5.95 Å². The number of nitrogens with two attached hydrogens (primary N) is 1. The fourth-order valence-corrected chi connectivity index (χ4v) is 1.76. The van der Waals surface area contributed by atoms with Gasteiger partial charge >= 0.3 is 0 Å². The van der Waals surface area contributed by atoms with Crippen LogP contribution < -0.4 is 10.6 Å². The molecule has 0 fully saturated rings. The summed E-state index contributed by atoms with van der Waals surface area (Å²) >= 11 is 0. The average Bonchev–Trinajstić information content (AvgIpc) is 2.26. The minimum Gasteiger partial charge on any atom is -0.341 e. The largest absolute Gasteiger partial charge is 0.341 e. The van der Waals surface area contributed by atoms with Gasteiger partial charge in [0.05, 0.1) is 0 Å². The quantitative estimate of drug-likeness (QED) is 0.890. The van der Waals surface area contributed by atoms with Gasteiger partial charge in [-0.15, -0.1) is 0 Å². The molecule has 0 saturated heterocycles. The lowest BCUT2D eigenvalue weighted by molar-refractivity contribution is 0.327. The van der Waals surface area contributed by atoms with Crippen molar-refractivity contribution in [3.05, 3.63) is 18.0 Å². The van der Waals surface area contributed by atoms with Crippen LogP contribution in [0.5, 0.6) is 0 Å². The molecule has 0 bridgehead atoms. The summed E-state index contributed by atoms with van der Waals surface area (Å²) in [4.78, 5) is 11.0. The molecule has 18 heavy (non-hydrogen) atoms. The van der Waals surface area contributed by atoms with Gasteiger partial charge in [0.25, 0.3) is 0 Å². The van der Waals surface area contributed by atoms with E-state index in [0.29, 0.717) is 6.04 Å². The number of hydrogen-bond acceptors (Lipinski definition) is 4. The van der Waals surface area contributed by atoms with Gasteiger partial charge in [-0.2, -0.15) is 0 Å². The Kier molecular flexibility index (Phi) is 4.68. The third-order valence-corrected chi connectivity index (χ3v) is 3.40. The van der Waals surface area contributed by atoms with Crippen LogP contribution >= 0.6 is 0 Å². The van der Waals surface area contributed by atoms with Gasteiger partial charge in [-0.05, 0) is 31.2 Å². The van der Waals surface area contributed by atoms with Crippen molar-refractivity contribution < 1.29 is 0 Å². The summed E-state index contributed by atoms with van der Waals surface area (Å²) < 4.78 is 0. The Labute approximate surface area is 111 Å². The molecule has 1 aromatic rings. The Bertz CT molecular complexity index is 364. The highest BCUT2D eigenvalue weighted by Crippen LogP contribution is 2.25. The molecular formula is C14H26N4. The van der Waals surface area contributed by atoms with Crippen LogP contribution in [0.4, 0.5) is 5.95 Å². The summed E-state index contributed by atoms with van der Waals surface area (Å²) in [5, 5.41) is 0. The molecule has 102 valence electrons. The van der Waals surface area contributed by atoms with E-state index in [2.05, 4.69) is 42.6 Å². The third-order valence-electron chi connectivity index (χ3n) is 3.40. The van der Waals surface area contributed by atoms with Crippen molar-refractivity contribution in [2.45, 2.75) is 53.1 Å². The normalized spacial score (nSPS) is 15.3. The average molecular weight is 250 g/mol. The number of aromatic nitrogens is 2. The van der Waals surface area contributed by atoms with E-state index in [-0.39, 0.29) is 11.5 Å². The van der Waals surface area contributed by atoms with Gasteiger partial charge in [-0.3, -0.25) is 0 Å². The summed E-state index contributed by atoms with van der Waals surface area (Å²) in [5.41, 5.74) is 7.05. The molecule has 1 heterocycles. The molecule has 1 aromatic heterocycles. The molecule has 2 N–H and O–H groups in total. The first-order valence-corrected chi connectivity index (χ1v) is 6.51. The van der Waals surface area contributed by atoms with Gasteiger partial charge in [-0.25, -0.2) is 9.97 Å². The van der Waals surface area contributed by atoms with Gasteiger partial charge in [0, 0.05) is 31.5 Å². The fourth-order valence-electron chi connectivity index (χ4n) is 1.76. The molecule has 0 spiro atoms. The van der Waals surface area contributed by atoms with E-state index in [0.717, 1.165) is 17.9 Å². The maximum absolute atomic E-state index is 5.76. The number of hydrogen-bond donors (Lipinski definition) is 1. The lowest BCUT2D eigenvalue weighted by atomic mass is 9.87. The highest BCUT2D eigenvalue weighted by molar-refractivity contribution is 5.30. The molecule has 0 amide bonds. The van der Waals surface area contributed by atoms with Crippen molar-refractivity contribution in [1.82, 2.24) is 9.97 Å². The number of anilines is 1. The first-order valence-electron chi connectivity index (χ1n) is 6.51. The van der Waals surface area contributed by atoms with Crippen LogP contribution in [0.3, 0.4) is 0 Å². The lowest BCUT2D eigenvalue weighted by Gasteiger charge is -2.35. The van der Waals surface area contributed by atoms with Crippen molar-refractivity contribution in [2.24, 2.45) is 11.1 Å². The molecule has 0 aliphatic carbocycles. The zero-order valence-corrected chi connectivity index (χ0v) is 12.4. The molecule has 1 rings (SSSR count). The molecule has 2 unspecified atom stereocenters. The van der Waals surface area contributed by atoms with E-state index in [1.165, 1.54) is 0 Å². The molecule has 0 saturated carbocycles. The van der Waals surface area contributed by atoms with Gasteiger partial charge in [0.1, 0.15) is 0 Å². The Balaban J connectivity index is 2.79. The summed E-state index contributed by atoms with van der Waals surface area (Å²) in [5.74, 6) is 0.769. The second kappa shape index (κ2) is 5.65. The summed E-state index contributed by atoms with van der Waals surface area (Å²) in [6.45, 7) is 10.8. The molecule has 0 aliphatic rings. The maximum Gasteiger partial charge on any atom is 0.225 e. The predicted octanol–water partition coefficient (Wildman–Crippen LogP) is 2.24. The minimum atomic E-state index is 0.144. The van der Waals surface area contributed by atoms with Crippen LogP contribution in [-0.2, 0) is 6.42 Å². The molecular weight excluding hydrogens is 224 g/mol. The third kappa shape index (κ3) is 3.95. The van der Waals surface area contributed by atoms with E-state index in [4.69, 9.17) is 5.73 Å². The van der Waals surface area contributed by atoms with Crippen LogP contribution in [0, 0.1) is 5.41 Å². The van der Waals surface area contributed by atoms with E-state index in [9.17, 15) is 0 Å². The predicted molar refractivity (Wildman–Crippen MR) is 76.7 cm³/mol. The van der Waals surface area contributed by atoms with E-state index in [1.54, 1.807) is 0 Å². The molecule has 0 aromatic carbocycles. The van der Waals surface area contributed by atoms with E-state index in [1.807, 2.05) is 26.4 Å². The first-order chi connectivity index (χ1) is 8.21. The second-order valence-corrected chi connectivity index (χ2v) is 6.23. The van der Waals surface area contributed by atoms with Gasteiger partial charge in [-0.1, -0.05) is 20.8 Å². The van der Waals surface area contributed by atoms with Gasteiger partial charge in [0.2, 0.25) is 5.95 Å². The SMILES string of the molecule is CC(N)Cc1cnc(N(C)C(C)C(C)(C)C)nc1. The van der Waals surface area contributed by atoms with Crippen molar-refractivity contribution in [3.63, 3.8) is 0 Å². The zero-order chi connectivity index (χ0) is 13.9. The maximum atomic E-state index is 5.76. The molecule has 2 atom stereocenters. The highest BCUT2D eigenvalue weighted by atomic mass is 15.2. The molecule has 4 heteroatoms. The number of rotatable bonds is 4. The van der Waals surface area contributed by atoms with Crippen LogP contribution in [0.2, 0.25) is 0 Å². The van der Waals surface area contributed by atoms with Crippen molar-refractivity contribution in [1.29, 1.82) is 0 Å². The van der Waals surface area contributed by atoms with Crippen LogP contribution in [0.1, 0.15) is 40.2 Å². The second-order valence-electron chi connectivity index (χ2n) is 6.23. The monoisotopic (exact) mass is 250 g/mol. The summed E-state index contributed by atoms with van der Waals surface area (Å²) in [6.07, 6.45) is 4.56. The van der Waals surface area contributed by atoms with Gasteiger partial charge in [0.15, 0.2) is 0 Å². The van der Waals surface area contributed by atoms with Crippen LogP contribution in [0.15, 0.2) is 12.4 Å². The summed E-state index contributed by atoms with van der Waals surface area (Å²) in [7, 11) is 2.04. The summed E-state index contributed by atoms with van der Waals surface area (Å²) in [6, 6.07) is 0.516. The Morgan fingerprint density at radius 3 is 2.11 bits per heavy atom. The van der Waals surface area contributed by atoms with Gasteiger partial charge < -0.3 is 10.6 Å². The van der Waals surface area contributed by atoms with Crippen molar-refractivity contribution in [3.8, 4) is 0 Å². The smallest absolute Gasteiger partial charge is 0.225 e. The number of nitrogens with zero attached hydrogens (tertiary/aromatic N) is 3. The first kappa shape index (κ1) is 14.9. The van der Waals surface area contributed by atoms with Crippen molar-refractivity contribution in [2.75, 3.05) is 11.9 Å². The van der Waals surface area contributed by atoms with E-state index >= 15 is 0 Å². The topological polar surface area (TPSA) is 55.0 Å². The van der Waals surface area contributed by atoms with E-state index < -0.39 is 0 Å². The molecule has 4 nitrogen and oxygen atoms in total. The fraction of sp³-hybridized carbons (Fsp3) is 0.714. The molecule has 0 aliphatic heterocycles. The highest BCUT2D eigenvalue weighted by Gasteiger charge is 2.25.